The summed E-state index contributed by atoms with van der Waals surface area (Å²) in [5.74, 6) is -0.770. The lowest BCUT2D eigenvalue weighted by Gasteiger charge is -2.74. The SMILES string of the molecule is CC(C)(CC(C)(C)C1(C)CN2CC(C)(C(=O)O)C21)NP(=O)(O)O. The van der Waals surface area contributed by atoms with Crippen LogP contribution in [0.4, 0.5) is 0 Å². The molecule has 23 heavy (non-hydrogen) atoms. The maximum atomic E-state index is 11.6. The Hall–Kier alpha value is -0.460. The molecule has 2 fully saturated rings. The second-order valence-electron chi connectivity index (χ2n) is 9.05. The number of nitrogens with one attached hydrogen (secondary N) is 1. The second kappa shape index (κ2) is 5.02. The van der Waals surface area contributed by atoms with Crippen molar-refractivity contribution in [2.45, 2.75) is 59.5 Å². The zero-order valence-electron chi connectivity index (χ0n) is 14.8. The molecule has 0 bridgehead atoms. The summed E-state index contributed by atoms with van der Waals surface area (Å²) < 4.78 is 11.3. The summed E-state index contributed by atoms with van der Waals surface area (Å²) in [7, 11) is -4.33. The summed E-state index contributed by atoms with van der Waals surface area (Å²) in [5, 5.41) is 12.0. The van der Waals surface area contributed by atoms with E-state index in [9.17, 15) is 24.3 Å². The molecule has 3 atom stereocenters. The van der Waals surface area contributed by atoms with E-state index >= 15 is 0 Å². The van der Waals surface area contributed by atoms with E-state index < -0.39 is 24.7 Å². The van der Waals surface area contributed by atoms with Crippen LogP contribution in [0.5, 0.6) is 0 Å². The Kier molecular flexibility index (Phi) is 4.12. The molecule has 134 valence electrons. The number of hydrogen-bond acceptors (Lipinski definition) is 3. The molecule has 0 saturated carbocycles. The molecule has 0 amide bonds. The number of carboxylic acids is 1. The Labute approximate surface area is 137 Å². The van der Waals surface area contributed by atoms with Crippen LogP contribution in [-0.4, -0.2) is 50.4 Å². The zero-order chi connectivity index (χ0) is 18.1. The van der Waals surface area contributed by atoms with Crippen molar-refractivity contribution < 1.29 is 24.3 Å². The fourth-order valence-electron chi connectivity index (χ4n) is 5.05. The van der Waals surface area contributed by atoms with Crippen molar-refractivity contribution in [2.24, 2.45) is 16.2 Å². The summed E-state index contributed by atoms with van der Waals surface area (Å²) in [5.41, 5.74) is -2.00. The predicted molar refractivity (Wildman–Crippen MR) is 86.9 cm³/mol. The third-order valence-corrected chi connectivity index (χ3v) is 6.90. The van der Waals surface area contributed by atoms with E-state index in [-0.39, 0.29) is 16.9 Å². The molecule has 2 aliphatic rings. The third kappa shape index (κ3) is 2.98. The molecular formula is C15H29N2O5P. The third-order valence-electron chi connectivity index (χ3n) is 6.00. The molecule has 0 aliphatic carbocycles. The number of rotatable bonds is 6. The van der Waals surface area contributed by atoms with Gasteiger partial charge in [-0.05, 0) is 32.6 Å². The number of hydrogen-bond donors (Lipinski definition) is 4. The summed E-state index contributed by atoms with van der Waals surface area (Å²) >= 11 is 0. The molecule has 0 spiro atoms. The monoisotopic (exact) mass is 348 g/mol. The summed E-state index contributed by atoms with van der Waals surface area (Å²) in [6.45, 7) is 12.9. The molecule has 2 aliphatic heterocycles. The van der Waals surface area contributed by atoms with Gasteiger partial charge in [-0.3, -0.25) is 9.69 Å². The largest absolute Gasteiger partial charge is 0.481 e. The molecule has 0 radical (unpaired) electrons. The molecule has 2 rings (SSSR count). The summed E-state index contributed by atoms with van der Waals surface area (Å²) in [6, 6.07) is -0.0339. The number of fused-ring (bicyclic) bond motifs is 1. The minimum atomic E-state index is -4.33. The number of aliphatic carboxylic acids is 1. The van der Waals surface area contributed by atoms with Gasteiger partial charge in [-0.1, -0.05) is 20.8 Å². The maximum absolute atomic E-state index is 11.6. The lowest BCUT2D eigenvalue weighted by molar-refractivity contribution is -0.264. The van der Waals surface area contributed by atoms with Crippen LogP contribution in [0.15, 0.2) is 0 Å². The molecular weight excluding hydrogens is 319 g/mol. The van der Waals surface area contributed by atoms with Crippen LogP contribution in [0.2, 0.25) is 0 Å². The number of carboxylic acid groups (broad SMARTS) is 1. The Balaban J connectivity index is 2.20. The zero-order valence-corrected chi connectivity index (χ0v) is 15.6. The average Bonchev–Trinajstić information content (AvgIpc) is 2.20. The minimum Gasteiger partial charge on any atom is -0.481 e. The van der Waals surface area contributed by atoms with Gasteiger partial charge in [0.15, 0.2) is 0 Å². The van der Waals surface area contributed by atoms with E-state index in [4.69, 9.17) is 0 Å². The van der Waals surface area contributed by atoms with Gasteiger partial charge in [0.05, 0.1) is 5.41 Å². The van der Waals surface area contributed by atoms with Crippen molar-refractivity contribution in [2.75, 3.05) is 13.1 Å². The van der Waals surface area contributed by atoms with Crippen LogP contribution in [0, 0.1) is 16.2 Å². The van der Waals surface area contributed by atoms with E-state index in [1.54, 1.807) is 20.8 Å². The lowest BCUT2D eigenvalue weighted by atomic mass is 9.45. The van der Waals surface area contributed by atoms with Crippen LogP contribution in [0.3, 0.4) is 0 Å². The molecule has 0 aromatic rings. The lowest BCUT2D eigenvalue weighted by Crippen LogP contribution is -2.84. The van der Waals surface area contributed by atoms with Gasteiger partial charge in [0.1, 0.15) is 0 Å². The maximum Gasteiger partial charge on any atom is 0.400 e. The van der Waals surface area contributed by atoms with Crippen molar-refractivity contribution in [1.29, 1.82) is 0 Å². The fraction of sp³-hybridized carbons (Fsp3) is 0.933. The number of carbonyl (C=O) groups is 1. The van der Waals surface area contributed by atoms with Crippen LogP contribution in [-0.2, 0) is 9.36 Å². The van der Waals surface area contributed by atoms with Crippen LogP contribution < -0.4 is 5.09 Å². The number of piperidine rings is 1. The summed E-state index contributed by atoms with van der Waals surface area (Å²) in [6.07, 6.45) is 0.529. The van der Waals surface area contributed by atoms with Gasteiger partial charge in [-0.25, -0.2) is 9.65 Å². The van der Waals surface area contributed by atoms with Gasteiger partial charge in [0.2, 0.25) is 0 Å². The second-order valence-corrected chi connectivity index (χ2v) is 10.4. The van der Waals surface area contributed by atoms with E-state index in [1.807, 2.05) is 0 Å². The highest BCUT2D eigenvalue weighted by molar-refractivity contribution is 7.49. The van der Waals surface area contributed by atoms with Crippen LogP contribution in [0.1, 0.15) is 48.0 Å². The Bertz CT molecular complexity index is 572. The van der Waals surface area contributed by atoms with Crippen molar-refractivity contribution in [1.82, 2.24) is 9.99 Å². The van der Waals surface area contributed by atoms with Crippen LogP contribution in [0.25, 0.3) is 0 Å². The van der Waals surface area contributed by atoms with Crippen molar-refractivity contribution in [3.05, 3.63) is 0 Å². The fourth-order valence-corrected chi connectivity index (χ4v) is 5.92. The standard InChI is InChI=1S/C15H29N2O5P/c1-12(2,7-13(3,4)16-23(20,21)22)15(6)9-17-8-14(5,10(15)17)11(18)19/h10H,7-9H2,1-6H3,(H,18,19)(H3,16,20,21,22). The highest BCUT2D eigenvalue weighted by Gasteiger charge is 2.72. The quantitative estimate of drug-likeness (QED) is 0.540. The normalized spacial score (nSPS) is 35.2. The molecule has 4 N–H and O–H groups in total. The first kappa shape index (κ1) is 18.9. The molecule has 7 nitrogen and oxygen atoms in total. The first-order valence-corrected chi connectivity index (χ1v) is 9.48. The van der Waals surface area contributed by atoms with Crippen LogP contribution >= 0.6 is 7.75 Å². The molecule has 2 saturated heterocycles. The van der Waals surface area contributed by atoms with E-state index in [2.05, 4.69) is 30.8 Å². The van der Waals surface area contributed by atoms with Gasteiger partial charge in [-0.2, -0.15) is 0 Å². The van der Waals surface area contributed by atoms with E-state index in [1.165, 1.54) is 0 Å². The van der Waals surface area contributed by atoms with Gasteiger partial charge >= 0.3 is 13.7 Å². The Morgan fingerprint density at radius 2 is 1.78 bits per heavy atom. The highest BCUT2D eigenvalue weighted by Crippen LogP contribution is 2.63. The number of nitrogens with zero attached hydrogens (tertiary/aromatic N) is 1. The molecule has 3 unspecified atom stereocenters. The van der Waals surface area contributed by atoms with Gasteiger partial charge < -0.3 is 14.9 Å². The molecule has 0 aromatic carbocycles. The van der Waals surface area contributed by atoms with Crippen molar-refractivity contribution in [3.8, 4) is 0 Å². The topological polar surface area (TPSA) is 110 Å². The van der Waals surface area contributed by atoms with Gasteiger partial charge in [0, 0.05) is 30.1 Å². The molecule has 0 aromatic heterocycles. The van der Waals surface area contributed by atoms with E-state index in [0.29, 0.717) is 13.0 Å². The van der Waals surface area contributed by atoms with Crippen molar-refractivity contribution >= 4 is 13.7 Å². The van der Waals surface area contributed by atoms with Gasteiger partial charge in [-0.15, -0.1) is 0 Å². The average molecular weight is 348 g/mol. The first-order valence-electron chi connectivity index (χ1n) is 7.87. The molecule has 2 heterocycles. The summed E-state index contributed by atoms with van der Waals surface area (Å²) in [4.78, 5) is 32.2. The highest BCUT2D eigenvalue weighted by atomic mass is 31.2. The molecule has 8 heteroatoms. The van der Waals surface area contributed by atoms with Crippen molar-refractivity contribution in [3.63, 3.8) is 0 Å². The minimum absolute atomic E-state index is 0.0339. The van der Waals surface area contributed by atoms with E-state index in [0.717, 1.165) is 6.54 Å². The van der Waals surface area contributed by atoms with Gasteiger partial charge in [0.25, 0.3) is 0 Å². The first-order chi connectivity index (χ1) is 10.0. The smallest absolute Gasteiger partial charge is 0.400 e. The Morgan fingerprint density at radius 1 is 1.26 bits per heavy atom. The predicted octanol–water partition coefficient (Wildman–Crippen LogP) is 1.66. The Morgan fingerprint density at radius 3 is 2.17 bits per heavy atom.